The lowest BCUT2D eigenvalue weighted by Crippen LogP contribution is -2.32. The fourth-order valence-corrected chi connectivity index (χ4v) is 3.82. The number of nitrogens with one attached hydrogen (secondary N) is 1. The van der Waals surface area contributed by atoms with Gasteiger partial charge in [0.25, 0.3) is 5.91 Å². The molecule has 0 saturated heterocycles. The molecule has 7 heteroatoms. The maximum atomic E-state index is 13.2. The van der Waals surface area contributed by atoms with E-state index in [1.807, 2.05) is 36.4 Å². The molecule has 1 atom stereocenters. The lowest BCUT2D eigenvalue weighted by atomic mass is 10.0. The molecule has 0 spiro atoms. The number of methoxy groups -OCH3 is 2. The Morgan fingerprint density at radius 1 is 1.10 bits per heavy atom. The first-order chi connectivity index (χ1) is 15.1. The number of hydrogen-bond donors (Lipinski definition) is 1. The van der Waals surface area contributed by atoms with Gasteiger partial charge < -0.3 is 19.7 Å². The Morgan fingerprint density at radius 3 is 2.61 bits per heavy atom. The lowest BCUT2D eigenvalue weighted by molar-refractivity contribution is -0.117. The third kappa shape index (κ3) is 4.21. The van der Waals surface area contributed by atoms with Crippen LogP contribution in [-0.2, 0) is 11.3 Å². The molecule has 1 aromatic heterocycles. The summed E-state index contributed by atoms with van der Waals surface area (Å²) in [4.78, 5) is 31.8. The molecule has 7 nitrogen and oxygen atoms in total. The number of benzene rings is 2. The summed E-state index contributed by atoms with van der Waals surface area (Å²) in [6, 6.07) is 16.0. The van der Waals surface area contributed by atoms with Gasteiger partial charge in [0.2, 0.25) is 5.91 Å². The predicted octanol–water partition coefficient (Wildman–Crippen LogP) is 3.82. The van der Waals surface area contributed by atoms with Crippen molar-refractivity contribution in [3.8, 4) is 11.5 Å². The van der Waals surface area contributed by atoms with Gasteiger partial charge in [-0.15, -0.1) is 0 Å². The predicted molar refractivity (Wildman–Crippen MR) is 116 cm³/mol. The minimum absolute atomic E-state index is 0.0874. The SMILES string of the molecule is COc1ccc(C(CC(=O)Nc2cccnc2)N2Cc3ccccc3C2=O)cc1OC. The van der Waals surface area contributed by atoms with Gasteiger partial charge in [0.1, 0.15) is 0 Å². The van der Waals surface area contributed by atoms with Crippen LogP contribution in [0.25, 0.3) is 0 Å². The van der Waals surface area contributed by atoms with E-state index in [9.17, 15) is 9.59 Å². The minimum Gasteiger partial charge on any atom is -0.493 e. The molecule has 1 N–H and O–H groups in total. The standard InChI is InChI=1S/C24H23N3O4/c1-30-21-10-9-16(12-22(21)31-2)20(13-23(28)26-18-7-5-11-25-14-18)27-15-17-6-3-4-8-19(17)24(27)29/h3-12,14,20H,13,15H2,1-2H3,(H,26,28). The molecular formula is C24H23N3O4. The summed E-state index contributed by atoms with van der Waals surface area (Å²) in [5.74, 6) is 0.823. The van der Waals surface area contributed by atoms with Gasteiger partial charge in [0.15, 0.2) is 11.5 Å². The largest absolute Gasteiger partial charge is 0.493 e. The number of carbonyl (C=O) groups excluding carboxylic acids is 2. The van der Waals surface area contributed by atoms with Crippen LogP contribution in [0.3, 0.4) is 0 Å². The maximum absolute atomic E-state index is 13.2. The van der Waals surface area contributed by atoms with E-state index < -0.39 is 6.04 Å². The molecule has 158 valence electrons. The maximum Gasteiger partial charge on any atom is 0.255 e. The van der Waals surface area contributed by atoms with Gasteiger partial charge in [0, 0.05) is 18.3 Å². The zero-order valence-corrected chi connectivity index (χ0v) is 17.4. The molecule has 2 heterocycles. The smallest absolute Gasteiger partial charge is 0.255 e. The molecule has 4 rings (SSSR count). The van der Waals surface area contributed by atoms with Crippen molar-refractivity contribution in [1.29, 1.82) is 0 Å². The first-order valence-electron chi connectivity index (χ1n) is 9.91. The van der Waals surface area contributed by atoms with Crippen molar-refractivity contribution in [2.75, 3.05) is 19.5 Å². The van der Waals surface area contributed by atoms with Crippen molar-refractivity contribution in [3.63, 3.8) is 0 Å². The van der Waals surface area contributed by atoms with Crippen molar-refractivity contribution in [1.82, 2.24) is 9.88 Å². The number of carbonyl (C=O) groups is 2. The van der Waals surface area contributed by atoms with E-state index in [1.165, 1.54) is 0 Å². The number of ether oxygens (including phenoxy) is 2. The van der Waals surface area contributed by atoms with E-state index in [-0.39, 0.29) is 18.2 Å². The van der Waals surface area contributed by atoms with Gasteiger partial charge in [-0.25, -0.2) is 0 Å². The highest BCUT2D eigenvalue weighted by Crippen LogP contribution is 2.37. The van der Waals surface area contributed by atoms with E-state index >= 15 is 0 Å². The monoisotopic (exact) mass is 417 g/mol. The average molecular weight is 417 g/mol. The Morgan fingerprint density at radius 2 is 1.90 bits per heavy atom. The molecular weight excluding hydrogens is 394 g/mol. The molecule has 0 saturated carbocycles. The van der Waals surface area contributed by atoms with Crippen molar-refractivity contribution in [2.45, 2.75) is 19.0 Å². The number of fused-ring (bicyclic) bond motifs is 1. The van der Waals surface area contributed by atoms with Crippen LogP contribution in [0.15, 0.2) is 67.0 Å². The zero-order chi connectivity index (χ0) is 21.8. The molecule has 3 aromatic rings. The van der Waals surface area contributed by atoms with Gasteiger partial charge >= 0.3 is 0 Å². The van der Waals surface area contributed by atoms with Crippen molar-refractivity contribution in [2.24, 2.45) is 0 Å². The quantitative estimate of drug-likeness (QED) is 0.632. The molecule has 0 aliphatic carbocycles. The van der Waals surface area contributed by atoms with Gasteiger partial charge in [-0.3, -0.25) is 14.6 Å². The summed E-state index contributed by atoms with van der Waals surface area (Å²) in [7, 11) is 3.12. The van der Waals surface area contributed by atoms with Crippen LogP contribution in [-0.4, -0.2) is 35.9 Å². The van der Waals surface area contributed by atoms with Gasteiger partial charge in [0.05, 0.1) is 38.6 Å². The molecule has 2 amide bonds. The number of rotatable bonds is 7. The van der Waals surface area contributed by atoms with E-state index in [0.717, 1.165) is 11.1 Å². The summed E-state index contributed by atoms with van der Waals surface area (Å²) in [5.41, 5.74) is 3.01. The van der Waals surface area contributed by atoms with Crippen LogP contribution < -0.4 is 14.8 Å². The third-order valence-electron chi connectivity index (χ3n) is 5.34. The third-order valence-corrected chi connectivity index (χ3v) is 5.34. The normalized spacial score (nSPS) is 13.5. The molecule has 0 bridgehead atoms. The van der Waals surface area contributed by atoms with E-state index in [2.05, 4.69) is 10.3 Å². The van der Waals surface area contributed by atoms with Crippen LogP contribution in [0.5, 0.6) is 11.5 Å². The highest BCUT2D eigenvalue weighted by atomic mass is 16.5. The Balaban J connectivity index is 1.66. The molecule has 2 aromatic carbocycles. The number of pyridine rings is 1. The summed E-state index contributed by atoms with van der Waals surface area (Å²) < 4.78 is 10.8. The molecule has 0 fully saturated rings. The second kappa shape index (κ2) is 8.87. The molecule has 1 aliphatic heterocycles. The highest BCUT2D eigenvalue weighted by molar-refractivity contribution is 5.99. The lowest BCUT2D eigenvalue weighted by Gasteiger charge is -2.28. The molecule has 1 aliphatic rings. The number of anilines is 1. The summed E-state index contributed by atoms with van der Waals surface area (Å²) >= 11 is 0. The summed E-state index contributed by atoms with van der Waals surface area (Å²) in [6.07, 6.45) is 3.31. The first-order valence-corrected chi connectivity index (χ1v) is 9.91. The van der Waals surface area contributed by atoms with Crippen LogP contribution in [0.1, 0.15) is 33.9 Å². The number of hydrogen-bond acceptors (Lipinski definition) is 5. The second-order valence-electron chi connectivity index (χ2n) is 7.21. The van der Waals surface area contributed by atoms with Crippen LogP contribution >= 0.6 is 0 Å². The number of aromatic nitrogens is 1. The van der Waals surface area contributed by atoms with Crippen LogP contribution in [0.4, 0.5) is 5.69 Å². The zero-order valence-electron chi connectivity index (χ0n) is 17.4. The Labute approximate surface area is 180 Å². The van der Waals surface area contributed by atoms with E-state index in [4.69, 9.17) is 9.47 Å². The van der Waals surface area contributed by atoms with Crippen molar-refractivity contribution >= 4 is 17.5 Å². The fraction of sp³-hybridized carbons (Fsp3) is 0.208. The minimum atomic E-state index is -0.476. The summed E-state index contributed by atoms with van der Waals surface area (Å²) in [6.45, 7) is 0.439. The molecule has 31 heavy (non-hydrogen) atoms. The first kappa shape index (κ1) is 20.4. The Hall–Kier alpha value is -3.87. The highest BCUT2D eigenvalue weighted by Gasteiger charge is 2.34. The van der Waals surface area contributed by atoms with Crippen LogP contribution in [0, 0.1) is 0 Å². The van der Waals surface area contributed by atoms with Gasteiger partial charge in [-0.2, -0.15) is 0 Å². The average Bonchev–Trinajstić information content (AvgIpc) is 3.14. The van der Waals surface area contributed by atoms with Gasteiger partial charge in [-0.05, 0) is 41.5 Å². The van der Waals surface area contributed by atoms with E-state index in [1.54, 1.807) is 49.7 Å². The number of nitrogens with zero attached hydrogens (tertiary/aromatic N) is 2. The van der Waals surface area contributed by atoms with Crippen molar-refractivity contribution in [3.05, 3.63) is 83.7 Å². The van der Waals surface area contributed by atoms with Gasteiger partial charge in [-0.1, -0.05) is 24.3 Å². The summed E-state index contributed by atoms with van der Waals surface area (Å²) in [5, 5.41) is 2.86. The topological polar surface area (TPSA) is 80.8 Å². The van der Waals surface area contributed by atoms with E-state index in [0.29, 0.717) is 29.3 Å². The molecule has 1 unspecified atom stereocenters. The van der Waals surface area contributed by atoms with Crippen molar-refractivity contribution < 1.29 is 19.1 Å². The Kier molecular flexibility index (Phi) is 5.84. The fourth-order valence-electron chi connectivity index (χ4n) is 3.82. The van der Waals surface area contributed by atoms with Crippen LogP contribution in [0.2, 0.25) is 0 Å². The Bertz CT molecular complexity index is 1100. The second-order valence-corrected chi connectivity index (χ2v) is 7.21. The number of amides is 2. The molecule has 0 radical (unpaired) electrons.